The minimum absolute atomic E-state index is 0.140. The van der Waals surface area contributed by atoms with Crippen LogP contribution in [0.25, 0.3) is 0 Å². The molecule has 0 aliphatic rings. The Morgan fingerprint density at radius 1 is 1.37 bits per heavy atom. The van der Waals surface area contributed by atoms with Gasteiger partial charge in [0.15, 0.2) is 5.69 Å². The van der Waals surface area contributed by atoms with Crippen LogP contribution in [0.3, 0.4) is 0 Å². The fourth-order valence-electron chi connectivity index (χ4n) is 1.45. The van der Waals surface area contributed by atoms with E-state index in [2.05, 4.69) is 10.3 Å². The standard InChI is InChI=1S/C11H19N3O5/c1-8-10(11(16)19-5-4-17-2)12-13-14(8)6-9(15)7-18-3/h9,15H,4-7H2,1-3H3. The summed E-state index contributed by atoms with van der Waals surface area (Å²) in [5.41, 5.74) is 0.679. The average molecular weight is 273 g/mol. The van der Waals surface area contributed by atoms with Gasteiger partial charge in [0.05, 0.1) is 31.6 Å². The van der Waals surface area contributed by atoms with Crippen LogP contribution < -0.4 is 0 Å². The van der Waals surface area contributed by atoms with Gasteiger partial charge in [0, 0.05) is 14.2 Å². The molecule has 1 heterocycles. The molecule has 0 spiro atoms. The Morgan fingerprint density at radius 3 is 2.74 bits per heavy atom. The van der Waals surface area contributed by atoms with Crippen molar-refractivity contribution in [1.29, 1.82) is 0 Å². The second kappa shape index (κ2) is 7.82. The number of methoxy groups -OCH3 is 2. The average Bonchev–Trinajstić information content (AvgIpc) is 2.71. The predicted molar refractivity (Wildman–Crippen MR) is 64.8 cm³/mol. The summed E-state index contributed by atoms with van der Waals surface area (Å²) in [4.78, 5) is 11.7. The summed E-state index contributed by atoms with van der Waals surface area (Å²) in [6, 6.07) is 0. The number of aliphatic hydroxyl groups is 1. The first kappa shape index (κ1) is 15.5. The van der Waals surface area contributed by atoms with Gasteiger partial charge in [-0.05, 0) is 6.92 Å². The highest BCUT2D eigenvalue weighted by atomic mass is 16.6. The first-order valence-electron chi connectivity index (χ1n) is 5.83. The molecule has 0 aliphatic carbocycles. The van der Waals surface area contributed by atoms with E-state index >= 15 is 0 Å². The van der Waals surface area contributed by atoms with Gasteiger partial charge < -0.3 is 19.3 Å². The zero-order valence-electron chi connectivity index (χ0n) is 11.3. The van der Waals surface area contributed by atoms with E-state index in [1.54, 1.807) is 6.92 Å². The normalized spacial score (nSPS) is 12.4. The second-order valence-electron chi connectivity index (χ2n) is 3.94. The van der Waals surface area contributed by atoms with E-state index in [-0.39, 0.29) is 25.5 Å². The van der Waals surface area contributed by atoms with Crippen molar-refractivity contribution in [3.63, 3.8) is 0 Å². The molecule has 1 aromatic heterocycles. The molecule has 1 unspecified atom stereocenters. The molecule has 0 aliphatic heterocycles. The molecule has 0 amide bonds. The molecule has 0 saturated heterocycles. The maximum atomic E-state index is 11.7. The number of hydrogen-bond donors (Lipinski definition) is 1. The molecule has 108 valence electrons. The van der Waals surface area contributed by atoms with Crippen molar-refractivity contribution in [3.05, 3.63) is 11.4 Å². The fraction of sp³-hybridized carbons (Fsp3) is 0.727. The summed E-state index contributed by atoms with van der Waals surface area (Å²) in [6.45, 7) is 2.57. The number of carbonyl (C=O) groups excluding carboxylic acids is 1. The van der Waals surface area contributed by atoms with E-state index in [0.717, 1.165) is 0 Å². The van der Waals surface area contributed by atoms with Crippen LogP contribution in [0, 0.1) is 6.92 Å². The molecule has 1 rings (SSSR count). The Labute approximate surface area is 111 Å². The van der Waals surface area contributed by atoms with Gasteiger partial charge in [-0.1, -0.05) is 5.21 Å². The number of hydrogen-bond acceptors (Lipinski definition) is 7. The van der Waals surface area contributed by atoms with Gasteiger partial charge in [0.2, 0.25) is 0 Å². The summed E-state index contributed by atoms with van der Waals surface area (Å²) in [5.74, 6) is -0.554. The van der Waals surface area contributed by atoms with Crippen LogP contribution in [0.1, 0.15) is 16.2 Å². The molecule has 1 aromatic rings. The highest BCUT2D eigenvalue weighted by Crippen LogP contribution is 2.06. The predicted octanol–water partition coefficient (Wildman–Crippen LogP) is -0.603. The minimum Gasteiger partial charge on any atom is -0.458 e. The van der Waals surface area contributed by atoms with E-state index in [4.69, 9.17) is 14.2 Å². The van der Waals surface area contributed by atoms with Crippen LogP contribution in [0.2, 0.25) is 0 Å². The van der Waals surface area contributed by atoms with E-state index < -0.39 is 12.1 Å². The van der Waals surface area contributed by atoms with Crippen molar-refractivity contribution in [2.45, 2.75) is 19.6 Å². The molecule has 0 radical (unpaired) electrons. The fourth-order valence-corrected chi connectivity index (χ4v) is 1.45. The first-order valence-corrected chi connectivity index (χ1v) is 5.83. The van der Waals surface area contributed by atoms with Crippen molar-refractivity contribution in [1.82, 2.24) is 15.0 Å². The van der Waals surface area contributed by atoms with Gasteiger partial charge in [-0.2, -0.15) is 0 Å². The zero-order chi connectivity index (χ0) is 14.3. The lowest BCUT2D eigenvalue weighted by molar-refractivity contribution is 0.0379. The highest BCUT2D eigenvalue weighted by Gasteiger charge is 2.19. The van der Waals surface area contributed by atoms with E-state index in [1.165, 1.54) is 18.9 Å². The summed E-state index contributed by atoms with van der Waals surface area (Å²) >= 11 is 0. The Bertz CT molecular complexity index is 407. The number of aliphatic hydroxyl groups excluding tert-OH is 1. The minimum atomic E-state index is -0.706. The van der Waals surface area contributed by atoms with Crippen molar-refractivity contribution < 1.29 is 24.1 Å². The molecular formula is C11H19N3O5. The largest absolute Gasteiger partial charge is 0.458 e. The van der Waals surface area contributed by atoms with Gasteiger partial charge >= 0.3 is 5.97 Å². The topological polar surface area (TPSA) is 95.7 Å². The number of esters is 1. The SMILES string of the molecule is COCCOC(=O)c1nnn(CC(O)COC)c1C. The summed E-state index contributed by atoms with van der Waals surface area (Å²) in [6.07, 6.45) is -0.706. The summed E-state index contributed by atoms with van der Waals surface area (Å²) in [5, 5.41) is 17.2. The summed E-state index contributed by atoms with van der Waals surface area (Å²) < 4.78 is 16.0. The van der Waals surface area contributed by atoms with Gasteiger partial charge in [0.25, 0.3) is 0 Å². The molecule has 0 saturated carbocycles. The number of aromatic nitrogens is 3. The van der Waals surface area contributed by atoms with E-state index in [0.29, 0.717) is 12.3 Å². The summed E-state index contributed by atoms with van der Waals surface area (Å²) in [7, 11) is 3.02. The Morgan fingerprint density at radius 2 is 2.11 bits per heavy atom. The lowest BCUT2D eigenvalue weighted by atomic mass is 10.3. The number of ether oxygens (including phenoxy) is 3. The van der Waals surface area contributed by atoms with E-state index in [9.17, 15) is 9.90 Å². The van der Waals surface area contributed by atoms with Crippen LogP contribution >= 0.6 is 0 Å². The molecule has 1 atom stereocenters. The molecular weight excluding hydrogens is 254 g/mol. The second-order valence-corrected chi connectivity index (χ2v) is 3.94. The van der Waals surface area contributed by atoms with Crippen molar-refractivity contribution >= 4 is 5.97 Å². The van der Waals surface area contributed by atoms with Crippen molar-refractivity contribution in [2.24, 2.45) is 0 Å². The van der Waals surface area contributed by atoms with Crippen molar-refractivity contribution in [2.75, 3.05) is 34.0 Å². The highest BCUT2D eigenvalue weighted by molar-refractivity contribution is 5.88. The quantitative estimate of drug-likeness (QED) is 0.499. The lowest BCUT2D eigenvalue weighted by Gasteiger charge is -2.10. The molecule has 8 nitrogen and oxygen atoms in total. The molecule has 0 aromatic carbocycles. The first-order chi connectivity index (χ1) is 9.10. The third-order valence-electron chi connectivity index (χ3n) is 2.44. The number of rotatable bonds is 8. The van der Waals surface area contributed by atoms with E-state index in [1.807, 2.05) is 0 Å². The van der Waals surface area contributed by atoms with Crippen LogP contribution in [-0.2, 0) is 20.8 Å². The molecule has 1 N–H and O–H groups in total. The maximum Gasteiger partial charge on any atom is 0.360 e. The van der Waals surface area contributed by atoms with Gasteiger partial charge in [-0.25, -0.2) is 9.48 Å². The Hall–Kier alpha value is -1.51. The van der Waals surface area contributed by atoms with Gasteiger partial charge in [-0.15, -0.1) is 5.10 Å². The maximum absolute atomic E-state index is 11.7. The molecule has 0 bridgehead atoms. The number of carbonyl (C=O) groups is 1. The monoisotopic (exact) mass is 273 g/mol. The zero-order valence-corrected chi connectivity index (χ0v) is 11.3. The molecule has 0 fully saturated rings. The number of nitrogens with zero attached hydrogens (tertiary/aromatic N) is 3. The van der Waals surface area contributed by atoms with Gasteiger partial charge in [-0.3, -0.25) is 0 Å². The Balaban J connectivity index is 2.62. The van der Waals surface area contributed by atoms with Crippen LogP contribution in [0.5, 0.6) is 0 Å². The van der Waals surface area contributed by atoms with Crippen LogP contribution in [0.15, 0.2) is 0 Å². The molecule has 8 heteroatoms. The third-order valence-corrected chi connectivity index (χ3v) is 2.44. The third kappa shape index (κ3) is 4.58. The van der Waals surface area contributed by atoms with Crippen molar-refractivity contribution in [3.8, 4) is 0 Å². The van der Waals surface area contributed by atoms with Crippen LogP contribution in [-0.4, -0.2) is 66.2 Å². The lowest BCUT2D eigenvalue weighted by Crippen LogP contribution is -2.22. The molecule has 19 heavy (non-hydrogen) atoms. The van der Waals surface area contributed by atoms with Gasteiger partial charge in [0.1, 0.15) is 6.61 Å². The smallest absolute Gasteiger partial charge is 0.360 e. The Kier molecular flexibility index (Phi) is 6.40. The van der Waals surface area contributed by atoms with Crippen LogP contribution in [0.4, 0.5) is 0 Å².